The Morgan fingerprint density at radius 2 is 2.12 bits per heavy atom. The molecule has 2 aliphatic carbocycles. The fourth-order valence-corrected chi connectivity index (χ4v) is 2.54. The summed E-state index contributed by atoms with van der Waals surface area (Å²) in [6, 6.07) is 0.351. The Kier molecular flexibility index (Phi) is 2.57. The molecule has 3 rings (SSSR count). The maximum atomic E-state index is 13.2. The van der Waals surface area contributed by atoms with Crippen LogP contribution in [-0.2, 0) is 4.79 Å². The van der Waals surface area contributed by atoms with Crippen molar-refractivity contribution in [3.63, 3.8) is 0 Å². The van der Waals surface area contributed by atoms with Crippen molar-refractivity contribution in [2.45, 2.75) is 48.3 Å². The summed E-state index contributed by atoms with van der Waals surface area (Å²) in [5.74, 6) is -0.110. The summed E-state index contributed by atoms with van der Waals surface area (Å²) in [6.07, 6.45) is 4.31. The summed E-state index contributed by atoms with van der Waals surface area (Å²) in [7, 11) is 0. The van der Waals surface area contributed by atoms with Crippen molar-refractivity contribution < 1.29 is 14.3 Å². The van der Waals surface area contributed by atoms with Gasteiger partial charge >= 0.3 is 5.97 Å². The van der Waals surface area contributed by atoms with Gasteiger partial charge in [-0.3, -0.25) is 0 Å². The zero-order valence-electron chi connectivity index (χ0n) is 9.04. The second-order valence-electron chi connectivity index (χ2n) is 4.49. The highest BCUT2D eigenvalue weighted by atomic mass is 32.2. The van der Waals surface area contributed by atoms with Gasteiger partial charge in [-0.25, -0.2) is 9.18 Å². The van der Waals surface area contributed by atoms with Crippen molar-refractivity contribution in [3.8, 4) is 0 Å². The second-order valence-corrected chi connectivity index (χ2v) is 5.50. The first-order chi connectivity index (χ1) is 8.16. The van der Waals surface area contributed by atoms with E-state index in [1.807, 2.05) is 4.57 Å². The Morgan fingerprint density at radius 1 is 1.41 bits per heavy atom. The molecule has 0 saturated heterocycles. The molecule has 0 bridgehead atoms. The van der Waals surface area contributed by atoms with Crippen LogP contribution in [0.4, 0.5) is 4.39 Å². The smallest absolute Gasteiger partial charge is 0.349 e. The minimum atomic E-state index is -1.97. The molecule has 0 aliphatic heterocycles. The molecule has 7 heteroatoms. The van der Waals surface area contributed by atoms with Crippen LogP contribution in [0, 0.1) is 0 Å². The summed E-state index contributed by atoms with van der Waals surface area (Å²) < 4.78 is 15.1. The Morgan fingerprint density at radius 3 is 2.65 bits per heavy atom. The molecule has 92 valence electrons. The highest BCUT2D eigenvalue weighted by molar-refractivity contribution is 8.00. The van der Waals surface area contributed by atoms with Gasteiger partial charge in [0.1, 0.15) is 5.82 Å². The molecule has 1 heterocycles. The van der Waals surface area contributed by atoms with Crippen LogP contribution in [0.2, 0.25) is 0 Å². The third-order valence-corrected chi connectivity index (χ3v) is 3.85. The average Bonchev–Trinajstić information content (AvgIpc) is 3.18. The minimum Gasteiger partial charge on any atom is -0.478 e. The number of carbonyl (C=O) groups is 1. The molecular weight excluding hydrogens is 245 g/mol. The van der Waals surface area contributed by atoms with Gasteiger partial charge in [-0.1, -0.05) is 0 Å². The molecule has 1 atom stereocenters. The van der Waals surface area contributed by atoms with Gasteiger partial charge in [0, 0.05) is 12.0 Å². The maximum absolute atomic E-state index is 13.2. The van der Waals surface area contributed by atoms with Crippen molar-refractivity contribution in [2.75, 3.05) is 0 Å². The van der Waals surface area contributed by atoms with Gasteiger partial charge in [-0.15, -0.1) is 10.2 Å². The van der Waals surface area contributed by atoms with E-state index in [0.29, 0.717) is 28.9 Å². The molecular formula is C10H12FN3O2S. The first-order valence-electron chi connectivity index (χ1n) is 5.65. The lowest BCUT2D eigenvalue weighted by atomic mass is 10.4. The first-order valence-corrected chi connectivity index (χ1v) is 6.53. The molecule has 2 saturated carbocycles. The molecule has 0 radical (unpaired) electrons. The van der Waals surface area contributed by atoms with Crippen molar-refractivity contribution in [2.24, 2.45) is 0 Å². The van der Waals surface area contributed by atoms with E-state index < -0.39 is 11.5 Å². The number of rotatable bonds is 5. The largest absolute Gasteiger partial charge is 0.478 e. The molecule has 0 amide bonds. The van der Waals surface area contributed by atoms with E-state index in [-0.39, 0.29) is 0 Å². The van der Waals surface area contributed by atoms with Crippen molar-refractivity contribution in [3.05, 3.63) is 5.82 Å². The molecule has 0 spiro atoms. The molecule has 1 aromatic heterocycles. The van der Waals surface area contributed by atoms with Crippen LogP contribution in [0.3, 0.4) is 0 Å². The normalized spacial score (nSPS) is 21.5. The van der Waals surface area contributed by atoms with Gasteiger partial charge in [-0.2, -0.15) is 0 Å². The number of carboxylic acid groups (broad SMARTS) is 1. The molecule has 1 N–H and O–H groups in total. The molecule has 1 aromatic rings. The van der Waals surface area contributed by atoms with Gasteiger partial charge in [0.25, 0.3) is 0 Å². The minimum absolute atomic E-state index is 0.351. The summed E-state index contributed by atoms with van der Waals surface area (Å²) in [5.41, 5.74) is -1.97. The van der Waals surface area contributed by atoms with Crippen molar-refractivity contribution in [1.82, 2.24) is 14.8 Å². The Balaban J connectivity index is 1.85. The number of hydrogen-bond donors (Lipinski definition) is 1. The quantitative estimate of drug-likeness (QED) is 0.817. The molecule has 1 unspecified atom stereocenters. The summed E-state index contributed by atoms with van der Waals surface area (Å²) in [5, 5.41) is 17.0. The van der Waals surface area contributed by atoms with Gasteiger partial charge in [0.2, 0.25) is 5.50 Å². The zero-order valence-corrected chi connectivity index (χ0v) is 9.86. The third kappa shape index (κ3) is 2.15. The van der Waals surface area contributed by atoms with Crippen LogP contribution in [0.1, 0.15) is 43.5 Å². The molecule has 2 aliphatic rings. The number of thioether (sulfide) groups is 1. The van der Waals surface area contributed by atoms with Crippen LogP contribution in [0.5, 0.6) is 0 Å². The maximum Gasteiger partial charge on any atom is 0.349 e. The predicted octanol–water partition coefficient (Wildman–Crippen LogP) is 1.96. The van der Waals surface area contributed by atoms with E-state index in [0.717, 1.165) is 31.5 Å². The lowest BCUT2D eigenvalue weighted by molar-refractivity contribution is -0.139. The standard InChI is InChI=1S/C10H12FN3O2S/c11-7(9(15)16)17-10-13-12-8(5-1-2-5)14(10)6-3-4-6/h5-7H,1-4H2,(H,15,16). The monoisotopic (exact) mass is 257 g/mol. The van der Waals surface area contributed by atoms with Gasteiger partial charge < -0.3 is 9.67 Å². The summed E-state index contributed by atoms with van der Waals surface area (Å²) in [6.45, 7) is 0. The second kappa shape index (κ2) is 3.97. The average molecular weight is 257 g/mol. The summed E-state index contributed by atoms with van der Waals surface area (Å²) in [4.78, 5) is 10.5. The van der Waals surface area contributed by atoms with E-state index in [1.165, 1.54) is 0 Å². The Labute approximate surface area is 101 Å². The van der Waals surface area contributed by atoms with E-state index in [9.17, 15) is 9.18 Å². The van der Waals surface area contributed by atoms with Crippen LogP contribution in [-0.4, -0.2) is 31.3 Å². The number of aliphatic carboxylic acids is 1. The van der Waals surface area contributed by atoms with Gasteiger partial charge in [0.05, 0.1) is 0 Å². The van der Waals surface area contributed by atoms with Gasteiger partial charge in [-0.05, 0) is 37.4 Å². The molecule has 17 heavy (non-hydrogen) atoms. The van der Waals surface area contributed by atoms with E-state index in [2.05, 4.69) is 10.2 Å². The number of halogens is 1. The van der Waals surface area contributed by atoms with Crippen molar-refractivity contribution in [1.29, 1.82) is 0 Å². The van der Waals surface area contributed by atoms with E-state index >= 15 is 0 Å². The highest BCUT2D eigenvalue weighted by Crippen LogP contribution is 2.46. The summed E-state index contributed by atoms with van der Waals surface area (Å²) >= 11 is 0.636. The van der Waals surface area contributed by atoms with Crippen LogP contribution in [0.25, 0.3) is 0 Å². The van der Waals surface area contributed by atoms with Crippen molar-refractivity contribution >= 4 is 17.7 Å². The number of nitrogens with zero attached hydrogens (tertiary/aromatic N) is 3. The molecule has 2 fully saturated rings. The molecule has 5 nitrogen and oxygen atoms in total. The van der Waals surface area contributed by atoms with E-state index in [4.69, 9.17) is 5.11 Å². The Hall–Kier alpha value is -1.11. The molecule has 0 aromatic carbocycles. The number of carboxylic acids is 1. The van der Waals surface area contributed by atoms with Gasteiger partial charge in [0.15, 0.2) is 5.16 Å². The predicted molar refractivity (Wildman–Crippen MR) is 58.7 cm³/mol. The topological polar surface area (TPSA) is 68.0 Å². The Bertz CT molecular complexity index is 456. The number of alkyl halides is 1. The van der Waals surface area contributed by atoms with Crippen LogP contribution >= 0.6 is 11.8 Å². The van der Waals surface area contributed by atoms with Crippen LogP contribution < -0.4 is 0 Å². The first kappa shape index (κ1) is 11.0. The number of hydrogen-bond acceptors (Lipinski definition) is 4. The lowest BCUT2D eigenvalue weighted by Gasteiger charge is -2.08. The zero-order chi connectivity index (χ0) is 12.0. The lowest BCUT2D eigenvalue weighted by Crippen LogP contribution is -2.11. The number of aromatic nitrogens is 3. The fourth-order valence-electron chi connectivity index (χ4n) is 1.81. The van der Waals surface area contributed by atoms with Crippen LogP contribution in [0.15, 0.2) is 5.16 Å². The fraction of sp³-hybridized carbons (Fsp3) is 0.700. The van der Waals surface area contributed by atoms with E-state index in [1.54, 1.807) is 0 Å². The SMILES string of the molecule is O=C(O)C(F)Sc1nnc(C2CC2)n1C1CC1. The highest BCUT2D eigenvalue weighted by Gasteiger charge is 2.37. The third-order valence-electron chi connectivity index (χ3n) is 2.95.